The molecule has 0 aliphatic carbocycles. The molecule has 5 atom stereocenters. The number of thiophene rings is 1. The molecule has 13 heteroatoms. The van der Waals surface area contributed by atoms with Gasteiger partial charge in [0.2, 0.25) is 5.89 Å². The van der Waals surface area contributed by atoms with E-state index in [2.05, 4.69) is 5.10 Å². The van der Waals surface area contributed by atoms with Gasteiger partial charge in [0, 0.05) is 12.8 Å². The number of quaternary nitrogens is 1. The highest BCUT2D eigenvalue weighted by Crippen LogP contribution is 2.35. The zero-order valence-corrected chi connectivity index (χ0v) is 23.5. The van der Waals surface area contributed by atoms with E-state index < -0.39 is 58.4 Å². The Balaban J connectivity index is 2.06. The molecule has 3 heterocycles. The number of hydrogen-bond acceptors (Lipinski definition) is 10. The maximum absolute atomic E-state index is 14.3. The second-order valence-electron chi connectivity index (χ2n) is 10.5. The number of carbonyl (C=O) groups is 3. The molecule has 2 aromatic rings. The second kappa shape index (κ2) is 11.9. The fourth-order valence-corrected chi connectivity index (χ4v) is 5.66. The number of imide groups is 2. The summed E-state index contributed by atoms with van der Waals surface area (Å²) in [6.45, 7) is 9.03. The number of aliphatic hydroxyl groups excluding tert-OH is 1. The van der Waals surface area contributed by atoms with Crippen LogP contribution in [-0.4, -0.2) is 74.1 Å². The molecule has 210 valence electrons. The lowest BCUT2D eigenvalue weighted by Gasteiger charge is -2.41. The van der Waals surface area contributed by atoms with Crippen molar-refractivity contribution in [3.05, 3.63) is 38.8 Å². The molecular weight excluding hydrogens is 514 g/mol. The maximum atomic E-state index is 14.3. The molecule has 2 aromatic heterocycles. The normalized spacial score (nSPS) is 21.9. The number of ether oxygens (including phenoxy) is 1. The molecule has 0 saturated carbocycles. The number of urea groups is 1. The van der Waals surface area contributed by atoms with E-state index in [1.165, 1.54) is 11.3 Å². The molecule has 0 radical (unpaired) electrons. The quantitative estimate of drug-likeness (QED) is 0.470. The summed E-state index contributed by atoms with van der Waals surface area (Å²) in [6, 6.07) is -1.64. The van der Waals surface area contributed by atoms with E-state index in [1.807, 2.05) is 16.8 Å². The zero-order chi connectivity index (χ0) is 28.4. The Labute approximate surface area is 225 Å². The predicted molar refractivity (Wildman–Crippen MR) is 139 cm³/mol. The lowest BCUT2D eigenvalue weighted by Crippen LogP contribution is -2.70. The third kappa shape index (κ3) is 5.46. The van der Waals surface area contributed by atoms with E-state index in [0.717, 1.165) is 22.3 Å². The van der Waals surface area contributed by atoms with Crippen molar-refractivity contribution in [3.63, 3.8) is 0 Å². The largest absolute Gasteiger partial charge is 0.452 e. The number of amides is 4. The Morgan fingerprint density at radius 3 is 2.50 bits per heavy atom. The van der Waals surface area contributed by atoms with Gasteiger partial charge in [-0.05, 0) is 41.1 Å². The molecule has 0 aromatic carbocycles. The van der Waals surface area contributed by atoms with E-state index in [0.29, 0.717) is 12.8 Å². The molecule has 1 saturated heterocycles. The van der Waals surface area contributed by atoms with Crippen LogP contribution in [0.15, 0.2) is 26.0 Å². The first-order chi connectivity index (χ1) is 17.9. The third-order valence-electron chi connectivity index (χ3n) is 7.29. The minimum atomic E-state index is -1.67. The lowest BCUT2D eigenvalue weighted by atomic mass is 9.96. The minimum absolute atomic E-state index is 0.129. The Kier molecular flexibility index (Phi) is 9.29. The van der Waals surface area contributed by atoms with Crippen LogP contribution in [0, 0.1) is 11.8 Å². The monoisotopic (exact) mass is 552 g/mol. The summed E-state index contributed by atoms with van der Waals surface area (Å²) in [5, 5.41) is 19.2. The number of methoxy groups -OCH3 is 1. The molecule has 3 N–H and O–H groups in total. The van der Waals surface area contributed by atoms with Gasteiger partial charge in [0.15, 0.2) is 6.10 Å². The van der Waals surface area contributed by atoms with Gasteiger partial charge in [0.05, 0.1) is 26.2 Å². The van der Waals surface area contributed by atoms with Crippen LogP contribution >= 0.6 is 11.3 Å². The predicted octanol–water partition coefficient (Wildman–Crippen LogP) is 2.70. The summed E-state index contributed by atoms with van der Waals surface area (Å²) in [5.41, 5.74) is 7.06. The van der Waals surface area contributed by atoms with Crippen LogP contribution in [0.3, 0.4) is 0 Å². The molecule has 0 bridgehead atoms. The highest BCUT2D eigenvalue weighted by atomic mass is 32.1. The van der Waals surface area contributed by atoms with Gasteiger partial charge >= 0.3 is 23.8 Å². The number of nitrogens with two attached hydrogens (primary N) is 1. The van der Waals surface area contributed by atoms with Crippen LogP contribution in [-0.2, 0) is 16.1 Å². The number of rotatable bonds is 8. The van der Waals surface area contributed by atoms with Gasteiger partial charge in [-0.2, -0.15) is 25.4 Å². The second-order valence-corrected chi connectivity index (χ2v) is 11.3. The van der Waals surface area contributed by atoms with Gasteiger partial charge in [-0.1, -0.05) is 27.7 Å². The summed E-state index contributed by atoms with van der Waals surface area (Å²) < 4.78 is 10.6. The SMILES string of the molecule is COC(=O)N(C(=O)[N+]1(C(=O)[C@@H](N)C(C)C)CCC[C@H]1C)[C@H](C(C)C)C(O)c1nn(Cc2ccsc2)c(=O)o1. The van der Waals surface area contributed by atoms with Crippen LogP contribution in [0.1, 0.15) is 65.0 Å². The average Bonchev–Trinajstić information content (AvgIpc) is 3.61. The van der Waals surface area contributed by atoms with Gasteiger partial charge in [0.25, 0.3) is 0 Å². The summed E-state index contributed by atoms with van der Waals surface area (Å²) in [5.74, 6) is -2.41. The summed E-state index contributed by atoms with van der Waals surface area (Å²) >= 11 is 1.46. The van der Waals surface area contributed by atoms with Crippen molar-refractivity contribution < 1.29 is 33.1 Å². The van der Waals surface area contributed by atoms with Crippen molar-refractivity contribution in [3.8, 4) is 0 Å². The summed E-state index contributed by atoms with van der Waals surface area (Å²) in [4.78, 5) is 54.4. The smallest absolute Gasteiger partial charge is 0.437 e. The molecule has 4 amide bonds. The van der Waals surface area contributed by atoms with Gasteiger partial charge in [-0.3, -0.25) is 0 Å². The Bertz CT molecular complexity index is 1190. The average molecular weight is 553 g/mol. The van der Waals surface area contributed by atoms with Crippen molar-refractivity contribution in [2.45, 2.75) is 78.2 Å². The number of aromatic nitrogens is 2. The highest BCUT2D eigenvalue weighted by molar-refractivity contribution is 7.07. The van der Waals surface area contributed by atoms with Crippen molar-refractivity contribution in [1.82, 2.24) is 14.7 Å². The molecule has 1 aliphatic rings. The van der Waals surface area contributed by atoms with Gasteiger partial charge in [-0.15, -0.1) is 5.10 Å². The number of likely N-dealkylation sites (tertiary alicyclic amines) is 1. The molecule has 2 unspecified atom stereocenters. The first kappa shape index (κ1) is 29.7. The standard InChI is InChI=1S/C25H38N5O7S/c1-14(2)18(26)22(32)30(10-7-8-16(30)5)23(33)29(25(35)36-6)19(15(3)4)20(31)21-27-28(24(34)37-21)12-17-9-11-38-13-17/h9,11,13-16,18-20,31H,7-8,10,12,26H2,1-6H3/q+1/t16-,18+,19-,20?,30?/m1/s1. The number of nitrogens with zero attached hydrogens (tertiary/aromatic N) is 4. The molecule has 0 spiro atoms. The van der Waals surface area contributed by atoms with E-state index >= 15 is 0 Å². The van der Waals surface area contributed by atoms with Crippen molar-refractivity contribution in [2.24, 2.45) is 17.6 Å². The van der Waals surface area contributed by atoms with E-state index in [4.69, 9.17) is 14.9 Å². The fraction of sp³-hybridized carbons (Fsp3) is 0.640. The molecule has 38 heavy (non-hydrogen) atoms. The third-order valence-corrected chi connectivity index (χ3v) is 8.02. The maximum Gasteiger partial charge on any atom is 0.437 e. The number of carbonyl (C=O) groups excluding carboxylic acids is 3. The van der Waals surface area contributed by atoms with Crippen LogP contribution in [0.5, 0.6) is 0 Å². The minimum Gasteiger partial charge on any atom is -0.452 e. The van der Waals surface area contributed by atoms with Crippen molar-refractivity contribution in [1.29, 1.82) is 0 Å². The van der Waals surface area contributed by atoms with E-state index in [1.54, 1.807) is 34.6 Å². The van der Waals surface area contributed by atoms with Crippen LogP contribution in [0.25, 0.3) is 0 Å². The molecule has 12 nitrogen and oxygen atoms in total. The molecule has 1 fully saturated rings. The Morgan fingerprint density at radius 1 is 1.32 bits per heavy atom. The zero-order valence-electron chi connectivity index (χ0n) is 22.7. The lowest BCUT2D eigenvalue weighted by molar-refractivity contribution is -0.789. The van der Waals surface area contributed by atoms with Crippen LogP contribution < -0.4 is 11.5 Å². The van der Waals surface area contributed by atoms with Gasteiger partial charge < -0.3 is 20.0 Å². The van der Waals surface area contributed by atoms with E-state index in [-0.39, 0.29) is 24.9 Å². The Hall–Kier alpha value is -2.87. The van der Waals surface area contributed by atoms with Crippen molar-refractivity contribution in [2.75, 3.05) is 13.7 Å². The van der Waals surface area contributed by atoms with Gasteiger partial charge in [-0.25, -0.2) is 19.2 Å². The molecule has 3 rings (SSSR count). The van der Waals surface area contributed by atoms with Crippen LogP contribution in [0.4, 0.5) is 9.59 Å². The first-order valence-electron chi connectivity index (χ1n) is 12.7. The Morgan fingerprint density at radius 2 is 2.00 bits per heavy atom. The first-order valence-corrected chi connectivity index (χ1v) is 13.7. The number of aliphatic hydroxyl groups is 1. The van der Waals surface area contributed by atoms with E-state index in [9.17, 15) is 24.3 Å². The fourth-order valence-electron chi connectivity index (χ4n) is 5.00. The molecular formula is C25H38N5O7S+. The topological polar surface area (TPSA) is 158 Å². The number of hydrogen-bond donors (Lipinski definition) is 2. The van der Waals surface area contributed by atoms with Crippen LogP contribution in [0.2, 0.25) is 0 Å². The summed E-state index contributed by atoms with van der Waals surface area (Å²) in [7, 11) is 1.11. The molecule has 1 aliphatic heterocycles. The summed E-state index contributed by atoms with van der Waals surface area (Å²) in [6.07, 6.45) is -1.56. The van der Waals surface area contributed by atoms with Crippen molar-refractivity contribution >= 4 is 29.4 Å². The van der Waals surface area contributed by atoms with Gasteiger partial charge in [0.1, 0.15) is 12.1 Å². The highest BCUT2D eigenvalue weighted by Gasteiger charge is 2.59.